The van der Waals surface area contributed by atoms with Crippen molar-refractivity contribution >= 4 is 0 Å². The largest absolute Gasteiger partial charge is 0.261 e. The zero-order chi connectivity index (χ0) is 10.3. The van der Waals surface area contributed by atoms with Crippen molar-refractivity contribution < 1.29 is 0 Å². The second-order valence-corrected chi connectivity index (χ2v) is 6.41. The molecular weight excluding hydrogens is 194 g/mol. The molecule has 0 saturated heterocycles. The lowest BCUT2D eigenvalue weighted by Crippen LogP contribution is -2.27. The Morgan fingerprint density at radius 2 is 1.81 bits per heavy atom. The number of nitrogens with zero attached hydrogens (tertiary/aromatic N) is 1. The van der Waals surface area contributed by atoms with Crippen LogP contribution in [0.15, 0.2) is 18.3 Å². The standard InChI is InChI=1S/C15H17N/c1-2-10-11-7-12(15(10)16-5-1)14-9-4-3-8(6-9)13(11)14/h1-2,5,8-9,11-14H,3-4,6-7H2. The maximum absolute atomic E-state index is 4.69. The van der Waals surface area contributed by atoms with E-state index in [2.05, 4.69) is 17.1 Å². The summed E-state index contributed by atoms with van der Waals surface area (Å²) in [5, 5.41) is 0. The van der Waals surface area contributed by atoms with Gasteiger partial charge in [0, 0.05) is 17.8 Å². The molecule has 1 heterocycles. The molecule has 1 nitrogen and oxygen atoms in total. The van der Waals surface area contributed by atoms with Crippen LogP contribution in [0.2, 0.25) is 0 Å². The topological polar surface area (TPSA) is 12.9 Å². The molecular formula is C15H17N. The van der Waals surface area contributed by atoms with E-state index in [-0.39, 0.29) is 0 Å². The van der Waals surface area contributed by atoms with Gasteiger partial charge in [-0.3, -0.25) is 4.98 Å². The third-order valence-corrected chi connectivity index (χ3v) is 6.11. The molecule has 1 heteroatoms. The summed E-state index contributed by atoms with van der Waals surface area (Å²) in [6, 6.07) is 4.50. The van der Waals surface area contributed by atoms with E-state index in [0.717, 1.165) is 35.5 Å². The van der Waals surface area contributed by atoms with Gasteiger partial charge < -0.3 is 0 Å². The third-order valence-electron chi connectivity index (χ3n) is 6.11. The predicted molar refractivity (Wildman–Crippen MR) is 62.1 cm³/mol. The first-order valence-electron chi connectivity index (χ1n) is 6.88. The lowest BCUT2D eigenvalue weighted by atomic mass is 9.70. The van der Waals surface area contributed by atoms with Crippen molar-refractivity contribution in [2.24, 2.45) is 23.7 Å². The molecule has 4 aliphatic carbocycles. The number of aromatic nitrogens is 1. The minimum absolute atomic E-state index is 0.849. The highest BCUT2D eigenvalue weighted by atomic mass is 14.8. The van der Waals surface area contributed by atoms with E-state index in [0.29, 0.717) is 0 Å². The fourth-order valence-electron chi connectivity index (χ4n) is 5.84. The summed E-state index contributed by atoms with van der Waals surface area (Å²) in [5.74, 6) is 5.99. The summed E-state index contributed by atoms with van der Waals surface area (Å²) in [4.78, 5) is 4.69. The van der Waals surface area contributed by atoms with Gasteiger partial charge in [-0.05, 0) is 66.9 Å². The van der Waals surface area contributed by atoms with Gasteiger partial charge in [-0.2, -0.15) is 0 Å². The molecule has 6 atom stereocenters. The van der Waals surface area contributed by atoms with Crippen LogP contribution in [0.1, 0.15) is 48.8 Å². The average Bonchev–Trinajstić information content (AvgIpc) is 3.07. The van der Waals surface area contributed by atoms with Gasteiger partial charge in [-0.1, -0.05) is 6.07 Å². The number of pyridine rings is 1. The summed E-state index contributed by atoms with van der Waals surface area (Å²) in [6.45, 7) is 0. The van der Waals surface area contributed by atoms with Crippen molar-refractivity contribution in [2.75, 3.05) is 0 Å². The van der Waals surface area contributed by atoms with Gasteiger partial charge >= 0.3 is 0 Å². The molecule has 0 amide bonds. The first-order chi connectivity index (χ1) is 7.93. The number of hydrogen-bond donors (Lipinski definition) is 0. The highest BCUT2D eigenvalue weighted by Crippen LogP contribution is 2.70. The van der Waals surface area contributed by atoms with Crippen LogP contribution in [0.5, 0.6) is 0 Å². The van der Waals surface area contributed by atoms with Crippen LogP contribution in [-0.2, 0) is 0 Å². The Labute approximate surface area is 96.3 Å². The van der Waals surface area contributed by atoms with E-state index in [1.54, 1.807) is 12.0 Å². The minimum Gasteiger partial charge on any atom is -0.261 e. The van der Waals surface area contributed by atoms with Crippen molar-refractivity contribution in [2.45, 2.75) is 37.5 Å². The zero-order valence-corrected chi connectivity index (χ0v) is 9.47. The van der Waals surface area contributed by atoms with Gasteiger partial charge in [0.25, 0.3) is 0 Å². The molecule has 4 aliphatic rings. The van der Waals surface area contributed by atoms with Gasteiger partial charge in [0.1, 0.15) is 0 Å². The molecule has 0 spiro atoms. The lowest BCUT2D eigenvalue weighted by molar-refractivity contribution is 0.216. The van der Waals surface area contributed by atoms with Crippen LogP contribution >= 0.6 is 0 Å². The fraction of sp³-hybridized carbons (Fsp3) is 0.667. The average molecular weight is 211 g/mol. The summed E-state index contributed by atoms with van der Waals surface area (Å²) in [6.07, 6.45) is 8.05. The molecule has 0 aromatic carbocycles. The number of hydrogen-bond acceptors (Lipinski definition) is 1. The Kier molecular flexibility index (Phi) is 1.30. The Morgan fingerprint density at radius 1 is 1.00 bits per heavy atom. The van der Waals surface area contributed by atoms with Gasteiger partial charge in [0.05, 0.1) is 0 Å². The molecule has 16 heavy (non-hydrogen) atoms. The van der Waals surface area contributed by atoms with Crippen molar-refractivity contribution in [1.29, 1.82) is 0 Å². The predicted octanol–water partition coefficient (Wildman–Crippen LogP) is 3.33. The Balaban J connectivity index is 1.71. The first-order valence-corrected chi connectivity index (χ1v) is 6.88. The van der Waals surface area contributed by atoms with E-state index >= 15 is 0 Å². The van der Waals surface area contributed by atoms with Crippen LogP contribution in [0.4, 0.5) is 0 Å². The highest BCUT2D eigenvalue weighted by Gasteiger charge is 2.61. The SMILES string of the molecule is c1cnc2c(c1)C1CC2C2C3CCC(C3)C12. The lowest BCUT2D eigenvalue weighted by Gasteiger charge is -2.35. The maximum atomic E-state index is 4.69. The van der Waals surface area contributed by atoms with Crippen LogP contribution in [-0.4, -0.2) is 4.98 Å². The Bertz CT molecular complexity index is 425. The Morgan fingerprint density at radius 3 is 2.69 bits per heavy atom. The van der Waals surface area contributed by atoms with E-state index in [1.807, 2.05) is 6.20 Å². The van der Waals surface area contributed by atoms with Gasteiger partial charge in [-0.25, -0.2) is 0 Å². The molecule has 82 valence electrons. The van der Waals surface area contributed by atoms with Crippen molar-refractivity contribution in [1.82, 2.24) is 4.98 Å². The van der Waals surface area contributed by atoms with Gasteiger partial charge in [0.2, 0.25) is 0 Å². The van der Waals surface area contributed by atoms with Gasteiger partial charge in [0.15, 0.2) is 0 Å². The number of fused-ring (bicyclic) bond motifs is 12. The highest BCUT2D eigenvalue weighted by molar-refractivity contribution is 5.40. The monoisotopic (exact) mass is 211 g/mol. The van der Waals surface area contributed by atoms with E-state index < -0.39 is 0 Å². The summed E-state index contributed by atoms with van der Waals surface area (Å²) in [7, 11) is 0. The molecule has 1 aromatic rings. The summed E-state index contributed by atoms with van der Waals surface area (Å²) < 4.78 is 0. The smallest absolute Gasteiger partial charge is 0.0472 e. The van der Waals surface area contributed by atoms with Crippen LogP contribution in [0.3, 0.4) is 0 Å². The van der Waals surface area contributed by atoms with Crippen molar-refractivity contribution in [3.05, 3.63) is 29.6 Å². The van der Waals surface area contributed by atoms with Crippen LogP contribution in [0.25, 0.3) is 0 Å². The zero-order valence-electron chi connectivity index (χ0n) is 9.47. The van der Waals surface area contributed by atoms with E-state index in [1.165, 1.54) is 25.0 Å². The normalized spacial score (nSPS) is 50.8. The first kappa shape index (κ1) is 8.27. The number of rotatable bonds is 0. The summed E-state index contributed by atoms with van der Waals surface area (Å²) in [5.41, 5.74) is 3.11. The summed E-state index contributed by atoms with van der Waals surface area (Å²) >= 11 is 0. The van der Waals surface area contributed by atoms with Gasteiger partial charge in [-0.15, -0.1) is 0 Å². The second kappa shape index (κ2) is 2.52. The molecule has 0 N–H and O–H groups in total. The fourth-order valence-corrected chi connectivity index (χ4v) is 5.84. The molecule has 0 aliphatic heterocycles. The van der Waals surface area contributed by atoms with E-state index in [9.17, 15) is 0 Å². The third kappa shape index (κ3) is 0.742. The van der Waals surface area contributed by atoms with Crippen molar-refractivity contribution in [3.8, 4) is 0 Å². The second-order valence-electron chi connectivity index (χ2n) is 6.41. The molecule has 0 radical (unpaired) electrons. The minimum atomic E-state index is 0.849. The van der Waals surface area contributed by atoms with Crippen LogP contribution < -0.4 is 0 Å². The molecule has 5 rings (SSSR count). The molecule has 6 unspecified atom stereocenters. The molecule has 3 fully saturated rings. The quantitative estimate of drug-likeness (QED) is 0.600. The van der Waals surface area contributed by atoms with Crippen LogP contribution in [0, 0.1) is 23.7 Å². The maximum Gasteiger partial charge on any atom is 0.0472 e. The van der Waals surface area contributed by atoms with E-state index in [4.69, 9.17) is 0 Å². The molecule has 4 bridgehead atoms. The molecule has 1 aromatic heterocycles. The van der Waals surface area contributed by atoms with Crippen molar-refractivity contribution in [3.63, 3.8) is 0 Å². The Hall–Kier alpha value is -0.850. The molecule has 3 saturated carbocycles.